The van der Waals surface area contributed by atoms with E-state index in [1.807, 2.05) is 0 Å². The fourth-order valence-electron chi connectivity index (χ4n) is 2.12. The summed E-state index contributed by atoms with van der Waals surface area (Å²) in [6, 6.07) is 4.87. The molecule has 0 spiro atoms. The molecule has 1 aromatic rings. The normalized spacial score (nSPS) is 18.5. The van der Waals surface area contributed by atoms with Gasteiger partial charge in [-0.2, -0.15) is 0 Å². The molecule has 1 aliphatic heterocycles. The van der Waals surface area contributed by atoms with Crippen LogP contribution in [0.15, 0.2) is 18.2 Å². The molecule has 2 rings (SSSR count). The lowest BCUT2D eigenvalue weighted by Gasteiger charge is -2.22. The molecule has 1 heterocycles. The fraction of sp³-hybridized carbons (Fsp3) is 0.462. The molecule has 0 aliphatic carbocycles. The van der Waals surface area contributed by atoms with Gasteiger partial charge in [0, 0.05) is 22.2 Å². The standard InChI is InChI=1S/C13H16Cl2N2O.ClH/c14-11-4-10(5-12(15)6-11)13(18)17-8-9-2-1-3-16-7-9;/h4-6,9,16H,1-3,7-8H2,(H,17,18);1H. The van der Waals surface area contributed by atoms with Crippen molar-refractivity contribution < 1.29 is 4.79 Å². The Balaban J connectivity index is 0.00000180. The molecule has 0 saturated carbocycles. The van der Waals surface area contributed by atoms with Gasteiger partial charge < -0.3 is 10.6 Å². The van der Waals surface area contributed by atoms with Gasteiger partial charge in [0.2, 0.25) is 0 Å². The Kier molecular flexibility index (Phi) is 6.94. The second kappa shape index (κ2) is 7.95. The molecule has 0 radical (unpaired) electrons. The first-order chi connectivity index (χ1) is 8.65. The summed E-state index contributed by atoms with van der Waals surface area (Å²) in [6.07, 6.45) is 2.33. The third-order valence-electron chi connectivity index (χ3n) is 3.07. The average Bonchev–Trinajstić information content (AvgIpc) is 2.36. The summed E-state index contributed by atoms with van der Waals surface area (Å²) in [5.41, 5.74) is 0.510. The van der Waals surface area contributed by atoms with Gasteiger partial charge >= 0.3 is 0 Å². The topological polar surface area (TPSA) is 41.1 Å². The second-order valence-electron chi connectivity index (χ2n) is 4.58. The molecule has 1 fully saturated rings. The Morgan fingerprint density at radius 1 is 1.32 bits per heavy atom. The van der Waals surface area contributed by atoms with Crippen LogP contribution in [0.1, 0.15) is 23.2 Å². The first kappa shape index (κ1) is 16.6. The Bertz CT molecular complexity index is 414. The van der Waals surface area contributed by atoms with Gasteiger partial charge in [0.15, 0.2) is 0 Å². The number of benzene rings is 1. The van der Waals surface area contributed by atoms with Crippen LogP contribution in [0.2, 0.25) is 10.0 Å². The maximum absolute atomic E-state index is 11.9. The zero-order valence-corrected chi connectivity index (χ0v) is 12.7. The first-order valence-electron chi connectivity index (χ1n) is 6.10. The van der Waals surface area contributed by atoms with E-state index in [-0.39, 0.29) is 18.3 Å². The van der Waals surface area contributed by atoms with Crippen LogP contribution in [0, 0.1) is 5.92 Å². The van der Waals surface area contributed by atoms with E-state index in [9.17, 15) is 4.79 Å². The van der Waals surface area contributed by atoms with Crippen LogP contribution in [-0.2, 0) is 0 Å². The lowest BCUT2D eigenvalue weighted by atomic mass is 10.00. The van der Waals surface area contributed by atoms with Crippen molar-refractivity contribution in [2.75, 3.05) is 19.6 Å². The highest BCUT2D eigenvalue weighted by Gasteiger charge is 2.14. The highest BCUT2D eigenvalue weighted by atomic mass is 35.5. The molecule has 1 atom stereocenters. The van der Waals surface area contributed by atoms with Gasteiger partial charge in [0.1, 0.15) is 0 Å². The molecule has 1 amide bonds. The summed E-state index contributed by atoms with van der Waals surface area (Å²) < 4.78 is 0. The van der Waals surface area contributed by atoms with Gasteiger partial charge in [-0.1, -0.05) is 23.2 Å². The minimum Gasteiger partial charge on any atom is -0.352 e. The van der Waals surface area contributed by atoms with Gasteiger partial charge in [-0.3, -0.25) is 4.79 Å². The number of piperidine rings is 1. The van der Waals surface area contributed by atoms with Crippen LogP contribution in [0.3, 0.4) is 0 Å². The predicted molar refractivity (Wildman–Crippen MR) is 81.6 cm³/mol. The minimum absolute atomic E-state index is 0. The van der Waals surface area contributed by atoms with E-state index in [1.54, 1.807) is 18.2 Å². The molecule has 0 aromatic heterocycles. The number of carbonyl (C=O) groups excluding carboxylic acids is 1. The van der Waals surface area contributed by atoms with Crippen molar-refractivity contribution in [3.63, 3.8) is 0 Å². The SMILES string of the molecule is Cl.O=C(NCC1CCCNC1)c1cc(Cl)cc(Cl)c1. The molecule has 0 bridgehead atoms. The summed E-state index contributed by atoms with van der Waals surface area (Å²) in [6.45, 7) is 2.74. The van der Waals surface area contributed by atoms with Crippen molar-refractivity contribution >= 4 is 41.5 Å². The van der Waals surface area contributed by atoms with E-state index in [0.29, 0.717) is 28.1 Å². The third kappa shape index (κ3) is 5.19. The van der Waals surface area contributed by atoms with E-state index in [1.165, 1.54) is 6.42 Å². The zero-order valence-electron chi connectivity index (χ0n) is 10.4. The zero-order chi connectivity index (χ0) is 13.0. The Morgan fingerprint density at radius 3 is 2.58 bits per heavy atom. The number of rotatable bonds is 3. The number of hydrogen-bond acceptors (Lipinski definition) is 2. The Labute approximate surface area is 129 Å². The van der Waals surface area contributed by atoms with Gasteiger partial charge in [0.05, 0.1) is 0 Å². The maximum Gasteiger partial charge on any atom is 0.251 e. The van der Waals surface area contributed by atoms with Crippen LogP contribution in [-0.4, -0.2) is 25.5 Å². The molecular formula is C13H17Cl3N2O. The third-order valence-corrected chi connectivity index (χ3v) is 3.51. The summed E-state index contributed by atoms with van der Waals surface area (Å²) in [5, 5.41) is 7.21. The summed E-state index contributed by atoms with van der Waals surface area (Å²) in [4.78, 5) is 11.9. The molecular weight excluding hydrogens is 307 g/mol. The number of carbonyl (C=O) groups is 1. The van der Waals surface area contributed by atoms with Crippen molar-refractivity contribution in [1.29, 1.82) is 0 Å². The summed E-state index contributed by atoms with van der Waals surface area (Å²) in [5.74, 6) is 0.391. The molecule has 1 aliphatic rings. The van der Waals surface area contributed by atoms with Crippen molar-refractivity contribution in [2.45, 2.75) is 12.8 Å². The molecule has 3 nitrogen and oxygen atoms in total. The summed E-state index contributed by atoms with van der Waals surface area (Å²) >= 11 is 11.7. The predicted octanol–water partition coefficient (Wildman–Crippen LogP) is 3.14. The quantitative estimate of drug-likeness (QED) is 0.897. The Morgan fingerprint density at radius 2 is 2.00 bits per heavy atom. The van der Waals surface area contributed by atoms with Gasteiger partial charge in [-0.25, -0.2) is 0 Å². The van der Waals surface area contributed by atoms with E-state index < -0.39 is 0 Å². The van der Waals surface area contributed by atoms with Crippen molar-refractivity contribution in [1.82, 2.24) is 10.6 Å². The molecule has 1 unspecified atom stereocenters. The number of amides is 1. The lowest BCUT2D eigenvalue weighted by molar-refractivity contribution is 0.0945. The van der Waals surface area contributed by atoms with Crippen LogP contribution >= 0.6 is 35.6 Å². The molecule has 1 saturated heterocycles. The van der Waals surface area contributed by atoms with E-state index in [4.69, 9.17) is 23.2 Å². The smallest absolute Gasteiger partial charge is 0.251 e. The second-order valence-corrected chi connectivity index (χ2v) is 5.45. The number of halogens is 3. The highest BCUT2D eigenvalue weighted by Crippen LogP contribution is 2.19. The highest BCUT2D eigenvalue weighted by molar-refractivity contribution is 6.35. The maximum atomic E-state index is 11.9. The van der Waals surface area contributed by atoms with Crippen LogP contribution in [0.25, 0.3) is 0 Å². The van der Waals surface area contributed by atoms with Crippen molar-refractivity contribution in [3.05, 3.63) is 33.8 Å². The van der Waals surface area contributed by atoms with E-state index in [2.05, 4.69) is 10.6 Å². The van der Waals surface area contributed by atoms with E-state index in [0.717, 1.165) is 19.5 Å². The number of nitrogens with one attached hydrogen (secondary N) is 2. The average molecular weight is 324 g/mol. The van der Waals surface area contributed by atoms with Gasteiger partial charge in [-0.15, -0.1) is 12.4 Å². The lowest BCUT2D eigenvalue weighted by Crippen LogP contribution is -2.38. The van der Waals surface area contributed by atoms with Crippen LogP contribution < -0.4 is 10.6 Å². The largest absolute Gasteiger partial charge is 0.352 e. The molecule has 106 valence electrons. The molecule has 1 aromatic carbocycles. The molecule has 6 heteroatoms. The first-order valence-corrected chi connectivity index (χ1v) is 6.86. The monoisotopic (exact) mass is 322 g/mol. The van der Waals surface area contributed by atoms with Crippen LogP contribution in [0.5, 0.6) is 0 Å². The van der Waals surface area contributed by atoms with Gasteiger partial charge in [0.25, 0.3) is 5.91 Å². The van der Waals surface area contributed by atoms with Crippen molar-refractivity contribution in [2.24, 2.45) is 5.92 Å². The minimum atomic E-state index is -0.120. The molecule has 2 N–H and O–H groups in total. The van der Waals surface area contributed by atoms with Crippen LogP contribution in [0.4, 0.5) is 0 Å². The number of hydrogen-bond donors (Lipinski definition) is 2. The summed E-state index contributed by atoms with van der Waals surface area (Å²) in [7, 11) is 0. The fourth-order valence-corrected chi connectivity index (χ4v) is 2.65. The van der Waals surface area contributed by atoms with Crippen molar-refractivity contribution in [3.8, 4) is 0 Å². The molecule has 19 heavy (non-hydrogen) atoms. The van der Waals surface area contributed by atoms with E-state index >= 15 is 0 Å². The van der Waals surface area contributed by atoms with Gasteiger partial charge in [-0.05, 0) is 50.0 Å². The Hall–Kier alpha value is -0.480.